The molecular weight excluding hydrogens is 302 g/mol. The zero-order valence-corrected chi connectivity index (χ0v) is 11.8. The fourth-order valence-corrected chi connectivity index (χ4v) is 4.56. The average Bonchev–Trinajstić information content (AvgIpc) is 3.03. The number of aliphatic hydroxyl groups excluding tert-OH is 1. The molecule has 0 aliphatic carbocycles. The lowest BCUT2D eigenvalue weighted by atomic mass is 10.2. The Labute approximate surface area is 120 Å². The van der Waals surface area contributed by atoms with Crippen molar-refractivity contribution in [2.45, 2.75) is 23.5 Å². The summed E-state index contributed by atoms with van der Waals surface area (Å²) in [6, 6.07) is 3.37. The number of hydrogen-bond donors (Lipinski definition) is 2. The average molecular weight is 316 g/mol. The van der Waals surface area contributed by atoms with E-state index in [4.69, 9.17) is 0 Å². The van der Waals surface area contributed by atoms with Crippen LogP contribution in [0.15, 0.2) is 29.3 Å². The first-order chi connectivity index (χ1) is 9.95. The van der Waals surface area contributed by atoms with Gasteiger partial charge in [-0.25, -0.2) is 17.2 Å². The van der Waals surface area contributed by atoms with Gasteiger partial charge in [0.1, 0.15) is 16.9 Å². The summed E-state index contributed by atoms with van der Waals surface area (Å²) in [5.41, 5.74) is 0.352. The van der Waals surface area contributed by atoms with Crippen molar-refractivity contribution in [2.75, 3.05) is 13.2 Å². The smallest absolute Gasteiger partial charge is 0.245 e. The van der Waals surface area contributed by atoms with Crippen molar-refractivity contribution in [3.63, 3.8) is 0 Å². The number of aromatic amines is 1. The van der Waals surface area contributed by atoms with Crippen LogP contribution in [-0.2, 0) is 10.0 Å². The highest BCUT2D eigenvalue weighted by atomic mass is 32.2. The maximum absolute atomic E-state index is 13.9. The zero-order valence-electron chi connectivity index (χ0n) is 11.0. The Bertz CT molecular complexity index is 775. The molecule has 0 spiro atoms. The van der Waals surface area contributed by atoms with Crippen LogP contribution in [0.25, 0.3) is 10.9 Å². The van der Waals surface area contributed by atoms with Crippen molar-refractivity contribution in [3.8, 4) is 0 Å². The summed E-state index contributed by atoms with van der Waals surface area (Å²) in [4.78, 5) is 2.47. The quantitative estimate of drug-likeness (QED) is 0.899. The number of nitrogens with one attached hydrogen (secondary N) is 1. The highest BCUT2D eigenvalue weighted by Gasteiger charge is 2.41. The number of benzene rings is 1. The summed E-state index contributed by atoms with van der Waals surface area (Å²) in [5, 5.41) is 9.18. The summed E-state index contributed by atoms with van der Waals surface area (Å²) in [6.45, 7) is -0.792. The van der Waals surface area contributed by atoms with Crippen LogP contribution in [0.2, 0.25) is 0 Å². The molecule has 1 aromatic carbocycles. The Balaban J connectivity index is 2.13. The minimum Gasteiger partial charge on any atom is -0.395 e. The Hall–Kier alpha value is -1.51. The zero-order chi connectivity index (χ0) is 15.2. The van der Waals surface area contributed by atoms with E-state index in [1.165, 1.54) is 18.3 Å². The van der Waals surface area contributed by atoms with E-state index in [0.29, 0.717) is 5.52 Å². The van der Waals surface area contributed by atoms with Crippen molar-refractivity contribution in [1.82, 2.24) is 9.29 Å². The van der Waals surface area contributed by atoms with Crippen LogP contribution in [0.1, 0.15) is 6.42 Å². The van der Waals surface area contributed by atoms with Gasteiger partial charge in [0.05, 0.1) is 18.0 Å². The summed E-state index contributed by atoms with van der Waals surface area (Å²) >= 11 is 0. The van der Waals surface area contributed by atoms with E-state index >= 15 is 0 Å². The lowest BCUT2D eigenvalue weighted by molar-refractivity contribution is 0.213. The van der Waals surface area contributed by atoms with Crippen molar-refractivity contribution in [2.24, 2.45) is 0 Å². The highest BCUT2D eigenvalue weighted by Crippen LogP contribution is 2.32. The molecule has 1 fully saturated rings. The van der Waals surface area contributed by atoms with Crippen LogP contribution in [0.5, 0.6) is 0 Å². The summed E-state index contributed by atoms with van der Waals surface area (Å²) in [5.74, 6) is -0.663. The Kier molecular flexibility index (Phi) is 3.46. The number of hydrogen-bond acceptors (Lipinski definition) is 3. The van der Waals surface area contributed by atoms with E-state index in [1.54, 1.807) is 6.07 Å². The van der Waals surface area contributed by atoms with Gasteiger partial charge in [0, 0.05) is 18.3 Å². The molecule has 0 saturated carbocycles. The van der Waals surface area contributed by atoms with Gasteiger partial charge < -0.3 is 10.1 Å². The lowest BCUT2D eigenvalue weighted by Crippen LogP contribution is -2.37. The molecule has 0 bridgehead atoms. The van der Waals surface area contributed by atoms with E-state index in [9.17, 15) is 22.3 Å². The third-order valence-corrected chi connectivity index (χ3v) is 5.67. The summed E-state index contributed by atoms with van der Waals surface area (Å²) < 4.78 is 53.6. The van der Waals surface area contributed by atoms with E-state index in [2.05, 4.69) is 4.98 Å². The Morgan fingerprint density at radius 2 is 2.19 bits per heavy atom. The molecule has 2 N–H and O–H groups in total. The molecule has 2 heterocycles. The first-order valence-corrected chi connectivity index (χ1v) is 7.91. The number of rotatable bonds is 3. The van der Waals surface area contributed by atoms with Gasteiger partial charge in [-0.15, -0.1) is 0 Å². The van der Waals surface area contributed by atoms with E-state index < -0.39 is 34.7 Å². The molecule has 1 aliphatic rings. The molecule has 114 valence electrons. The van der Waals surface area contributed by atoms with Crippen LogP contribution in [0, 0.1) is 5.82 Å². The van der Waals surface area contributed by atoms with E-state index in [-0.39, 0.29) is 23.2 Å². The first kappa shape index (κ1) is 14.4. The topological polar surface area (TPSA) is 73.4 Å². The monoisotopic (exact) mass is 316 g/mol. The highest BCUT2D eigenvalue weighted by molar-refractivity contribution is 7.89. The number of aliphatic hydroxyl groups is 1. The second-order valence-electron chi connectivity index (χ2n) is 5.06. The third kappa shape index (κ3) is 2.23. The molecule has 21 heavy (non-hydrogen) atoms. The second kappa shape index (κ2) is 5.04. The van der Waals surface area contributed by atoms with Gasteiger partial charge in [0.2, 0.25) is 10.0 Å². The van der Waals surface area contributed by atoms with Crippen molar-refractivity contribution >= 4 is 20.9 Å². The number of halogens is 2. The molecule has 0 unspecified atom stereocenters. The van der Waals surface area contributed by atoms with Gasteiger partial charge in [0.15, 0.2) is 0 Å². The van der Waals surface area contributed by atoms with Crippen molar-refractivity contribution in [1.29, 1.82) is 0 Å². The fraction of sp³-hybridized carbons (Fsp3) is 0.385. The molecule has 1 aromatic heterocycles. The fourth-order valence-electron chi connectivity index (χ4n) is 2.73. The lowest BCUT2D eigenvalue weighted by Gasteiger charge is -2.21. The number of aromatic nitrogens is 1. The van der Waals surface area contributed by atoms with Gasteiger partial charge in [0.25, 0.3) is 0 Å². The minimum atomic E-state index is -4.08. The summed E-state index contributed by atoms with van der Waals surface area (Å²) in [6.07, 6.45) is -0.184. The largest absolute Gasteiger partial charge is 0.395 e. The van der Waals surface area contributed by atoms with E-state index in [0.717, 1.165) is 4.31 Å². The standard InChI is InChI=1S/C13H14F2N2O3S/c14-8-4-9(7-18)17(6-8)21(19,20)12-5-16-11-3-1-2-10(15)13(11)12/h1-3,5,8-9,16,18H,4,6-7H2/t8-,9-/m0/s1. The second-order valence-corrected chi connectivity index (χ2v) is 6.92. The molecule has 1 aliphatic heterocycles. The molecule has 0 radical (unpaired) electrons. The molecule has 5 nitrogen and oxygen atoms in total. The third-order valence-electron chi connectivity index (χ3n) is 3.73. The maximum Gasteiger partial charge on any atom is 0.245 e. The Morgan fingerprint density at radius 1 is 1.43 bits per heavy atom. The molecule has 2 atom stereocenters. The minimum absolute atomic E-state index is 0.0449. The number of fused-ring (bicyclic) bond motifs is 1. The number of nitrogens with zero attached hydrogens (tertiary/aromatic N) is 1. The molecule has 8 heteroatoms. The van der Waals surface area contributed by atoms with Crippen LogP contribution < -0.4 is 0 Å². The van der Waals surface area contributed by atoms with Crippen LogP contribution >= 0.6 is 0 Å². The van der Waals surface area contributed by atoms with Gasteiger partial charge in [-0.2, -0.15) is 4.31 Å². The SMILES string of the molecule is O=S(=O)(c1c[nH]c2cccc(F)c12)N1C[C@@H](F)C[C@H]1CO. The predicted octanol–water partition coefficient (Wildman–Crippen LogP) is 1.40. The molecular formula is C13H14F2N2O3S. The maximum atomic E-state index is 13.9. The van der Waals surface area contributed by atoms with Gasteiger partial charge >= 0.3 is 0 Å². The van der Waals surface area contributed by atoms with Gasteiger partial charge in [-0.3, -0.25) is 0 Å². The number of H-pyrrole nitrogens is 1. The van der Waals surface area contributed by atoms with E-state index in [1.807, 2.05) is 0 Å². The van der Waals surface area contributed by atoms with Crippen molar-refractivity contribution in [3.05, 3.63) is 30.2 Å². The first-order valence-electron chi connectivity index (χ1n) is 6.47. The predicted molar refractivity (Wildman–Crippen MR) is 72.5 cm³/mol. The number of sulfonamides is 1. The normalized spacial score (nSPS) is 24.0. The molecule has 2 aromatic rings. The van der Waals surface area contributed by atoms with Gasteiger partial charge in [-0.05, 0) is 18.6 Å². The van der Waals surface area contributed by atoms with Crippen LogP contribution in [0.3, 0.4) is 0 Å². The van der Waals surface area contributed by atoms with Crippen molar-refractivity contribution < 1.29 is 22.3 Å². The molecule has 0 amide bonds. The summed E-state index contributed by atoms with van der Waals surface area (Å²) in [7, 11) is -4.08. The number of alkyl halides is 1. The molecule has 3 rings (SSSR count). The van der Waals surface area contributed by atoms with Gasteiger partial charge in [-0.1, -0.05) is 6.07 Å². The van der Waals surface area contributed by atoms with Crippen LogP contribution in [-0.4, -0.2) is 48.2 Å². The molecule has 1 saturated heterocycles. The Morgan fingerprint density at radius 3 is 2.90 bits per heavy atom. The van der Waals surface area contributed by atoms with Crippen LogP contribution in [0.4, 0.5) is 8.78 Å².